The van der Waals surface area contributed by atoms with Gasteiger partial charge in [0.25, 0.3) is 0 Å². The lowest BCUT2D eigenvalue weighted by molar-refractivity contribution is 0.584. The fourth-order valence-electron chi connectivity index (χ4n) is 4.84. The first-order chi connectivity index (χ1) is 17.5. The molecule has 1 saturated heterocycles. The molecule has 4 heterocycles. The topological polar surface area (TPSA) is 91.8 Å². The Bertz CT molecular complexity index is 1720. The van der Waals surface area contributed by atoms with Crippen LogP contribution in [0.25, 0.3) is 38.8 Å². The van der Waals surface area contributed by atoms with Crippen molar-refractivity contribution >= 4 is 39.4 Å². The molecule has 0 unspecified atom stereocenters. The largest absolute Gasteiger partial charge is 0.353 e. The van der Waals surface area contributed by atoms with Gasteiger partial charge in [0.05, 0.1) is 40.2 Å². The highest BCUT2D eigenvalue weighted by Gasteiger charge is 2.20. The number of imidazole rings is 1. The molecule has 0 aliphatic carbocycles. The summed E-state index contributed by atoms with van der Waals surface area (Å²) in [7, 11) is 1.73. The molecular formula is C27H22ClN7O. The third kappa shape index (κ3) is 3.61. The van der Waals surface area contributed by atoms with Crippen molar-refractivity contribution in [3.8, 4) is 22.9 Å². The van der Waals surface area contributed by atoms with Crippen molar-refractivity contribution in [2.75, 3.05) is 31.1 Å². The number of fused-ring (bicyclic) bond motifs is 3. The monoisotopic (exact) mass is 495 g/mol. The minimum Gasteiger partial charge on any atom is -0.353 e. The highest BCUT2D eigenvalue weighted by atomic mass is 35.5. The van der Waals surface area contributed by atoms with Crippen LogP contribution in [0.1, 0.15) is 5.56 Å². The number of rotatable bonds is 3. The Hall–Kier alpha value is -4.19. The van der Waals surface area contributed by atoms with Crippen molar-refractivity contribution in [1.82, 2.24) is 24.4 Å². The smallest absolute Gasteiger partial charge is 0.333 e. The van der Waals surface area contributed by atoms with Crippen LogP contribution >= 0.6 is 11.6 Å². The summed E-state index contributed by atoms with van der Waals surface area (Å²) in [5.74, 6) is 0.646. The van der Waals surface area contributed by atoms with Gasteiger partial charge in [-0.3, -0.25) is 14.1 Å². The summed E-state index contributed by atoms with van der Waals surface area (Å²) < 4.78 is 3.20. The number of nitrogens with one attached hydrogen (secondary N) is 1. The lowest BCUT2D eigenvalue weighted by atomic mass is 10.0. The molecule has 0 atom stereocenters. The van der Waals surface area contributed by atoms with Crippen molar-refractivity contribution < 1.29 is 0 Å². The first-order valence-electron chi connectivity index (χ1n) is 11.7. The van der Waals surface area contributed by atoms with Crippen molar-refractivity contribution in [2.24, 2.45) is 7.05 Å². The van der Waals surface area contributed by atoms with Crippen LogP contribution < -0.4 is 15.9 Å². The zero-order valence-electron chi connectivity index (χ0n) is 19.6. The van der Waals surface area contributed by atoms with E-state index < -0.39 is 0 Å². The third-order valence-corrected chi connectivity index (χ3v) is 6.96. The number of nitriles is 1. The van der Waals surface area contributed by atoms with Gasteiger partial charge >= 0.3 is 5.69 Å². The molecule has 36 heavy (non-hydrogen) atoms. The quantitative estimate of drug-likeness (QED) is 0.408. The van der Waals surface area contributed by atoms with Gasteiger partial charge in [-0.15, -0.1) is 0 Å². The SMILES string of the molecule is Cn1c(=O)n(-c2cnc(N3CCNCC3)c(C#N)c2)c2c3cc(-c4ccc(Cl)cc4)ccc3ncc21. The molecule has 0 spiro atoms. The molecule has 3 aromatic heterocycles. The molecule has 1 aliphatic heterocycles. The molecule has 0 radical (unpaired) electrons. The molecule has 0 amide bonds. The Kier molecular flexibility index (Phi) is 5.44. The summed E-state index contributed by atoms with van der Waals surface area (Å²) in [6, 6.07) is 17.7. The van der Waals surface area contributed by atoms with Crippen molar-refractivity contribution in [2.45, 2.75) is 0 Å². The van der Waals surface area contributed by atoms with Crippen molar-refractivity contribution in [3.05, 3.63) is 82.0 Å². The van der Waals surface area contributed by atoms with E-state index in [1.54, 1.807) is 34.6 Å². The maximum absolute atomic E-state index is 13.5. The van der Waals surface area contributed by atoms with Crippen LogP contribution in [-0.4, -0.2) is 45.3 Å². The van der Waals surface area contributed by atoms with Gasteiger partial charge in [-0.05, 0) is 41.5 Å². The van der Waals surface area contributed by atoms with Gasteiger partial charge in [0.15, 0.2) is 0 Å². The molecule has 5 aromatic rings. The first-order valence-corrected chi connectivity index (χ1v) is 12.1. The second-order valence-electron chi connectivity index (χ2n) is 8.82. The summed E-state index contributed by atoms with van der Waals surface area (Å²) >= 11 is 6.08. The van der Waals surface area contributed by atoms with E-state index in [0.29, 0.717) is 27.6 Å². The predicted molar refractivity (Wildman–Crippen MR) is 142 cm³/mol. The minimum absolute atomic E-state index is 0.225. The maximum Gasteiger partial charge on any atom is 0.333 e. The van der Waals surface area contributed by atoms with E-state index in [1.165, 1.54) is 0 Å². The van der Waals surface area contributed by atoms with Gasteiger partial charge in [0, 0.05) is 43.6 Å². The first kappa shape index (κ1) is 22.3. The molecule has 0 bridgehead atoms. The molecule has 6 rings (SSSR count). The van der Waals surface area contributed by atoms with Gasteiger partial charge in [0.1, 0.15) is 11.9 Å². The molecule has 1 aliphatic rings. The Morgan fingerprint density at radius 2 is 1.75 bits per heavy atom. The molecule has 9 heteroatoms. The molecule has 0 saturated carbocycles. The van der Waals surface area contributed by atoms with Gasteiger partial charge in [-0.1, -0.05) is 29.8 Å². The van der Waals surface area contributed by atoms with Crippen LogP contribution in [0.2, 0.25) is 5.02 Å². The van der Waals surface area contributed by atoms with E-state index >= 15 is 0 Å². The van der Waals surface area contributed by atoms with Crippen molar-refractivity contribution in [1.29, 1.82) is 5.26 Å². The molecule has 1 fully saturated rings. The number of hydrogen-bond donors (Lipinski definition) is 1. The van der Waals surface area contributed by atoms with E-state index in [2.05, 4.69) is 26.3 Å². The lowest BCUT2D eigenvalue weighted by Crippen LogP contribution is -2.44. The fourth-order valence-corrected chi connectivity index (χ4v) is 4.96. The van der Waals surface area contributed by atoms with Crippen LogP contribution in [0.5, 0.6) is 0 Å². The van der Waals surface area contributed by atoms with Crippen LogP contribution in [0.4, 0.5) is 5.82 Å². The highest BCUT2D eigenvalue weighted by molar-refractivity contribution is 6.30. The zero-order valence-corrected chi connectivity index (χ0v) is 20.3. The van der Waals surface area contributed by atoms with E-state index in [4.69, 9.17) is 11.6 Å². The number of piperazine rings is 1. The molecular weight excluding hydrogens is 474 g/mol. The average molecular weight is 496 g/mol. The number of anilines is 1. The lowest BCUT2D eigenvalue weighted by Gasteiger charge is -2.29. The van der Waals surface area contributed by atoms with Crippen LogP contribution in [0.3, 0.4) is 0 Å². The number of aromatic nitrogens is 4. The number of hydrogen-bond acceptors (Lipinski definition) is 6. The van der Waals surface area contributed by atoms with Gasteiger partial charge in [-0.2, -0.15) is 5.26 Å². The van der Waals surface area contributed by atoms with Gasteiger partial charge < -0.3 is 10.2 Å². The Balaban J connectivity index is 1.58. The van der Waals surface area contributed by atoms with E-state index in [-0.39, 0.29) is 5.69 Å². The number of halogens is 1. The Labute approximate surface area is 212 Å². The summed E-state index contributed by atoms with van der Waals surface area (Å²) in [4.78, 5) is 24.8. The van der Waals surface area contributed by atoms with Crippen LogP contribution in [-0.2, 0) is 7.05 Å². The third-order valence-electron chi connectivity index (χ3n) is 6.71. The second kappa shape index (κ2) is 8.79. The van der Waals surface area contributed by atoms with Crippen molar-refractivity contribution in [3.63, 3.8) is 0 Å². The Morgan fingerprint density at radius 1 is 1.00 bits per heavy atom. The molecule has 8 nitrogen and oxygen atoms in total. The predicted octanol–water partition coefficient (Wildman–Crippen LogP) is 3.87. The van der Waals surface area contributed by atoms with Crippen LogP contribution in [0, 0.1) is 11.3 Å². The average Bonchev–Trinajstić information content (AvgIpc) is 3.19. The maximum atomic E-state index is 13.5. The zero-order chi connectivity index (χ0) is 24.8. The minimum atomic E-state index is -0.225. The summed E-state index contributed by atoms with van der Waals surface area (Å²) in [5, 5.41) is 14.7. The fraction of sp³-hybridized carbons (Fsp3) is 0.185. The summed E-state index contributed by atoms with van der Waals surface area (Å²) in [6.45, 7) is 3.23. The number of nitrogens with zero attached hydrogens (tertiary/aromatic N) is 6. The number of pyridine rings is 2. The highest BCUT2D eigenvalue weighted by Crippen LogP contribution is 2.31. The molecule has 178 valence electrons. The Morgan fingerprint density at radius 3 is 2.50 bits per heavy atom. The summed E-state index contributed by atoms with van der Waals surface area (Å²) in [5.41, 5.74) is 4.96. The summed E-state index contributed by atoms with van der Waals surface area (Å²) in [6.07, 6.45) is 3.39. The van der Waals surface area contributed by atoms with Gasteiger partial charge in [-0.25, -0.2) is 9.78 Å². The van der Waals surface area contributed by atoms with Gasteiger partial charge in [0.2, 0.25) is 0 Å². The normalized spacial score (nSPS) is 13.9. The standard InChI is InChI=1S/C27H22ClN7O/c1-33-24-16-31-23-7-4-18(17-2-5-20(28)6-3-17)13-22(23)25(24)35(27(33)36)21-12-19(14-29)26(32-15-21)34-10-8-30-9-11-34/h2-7,12-13,15-16,30H,8-11H2,1H3. The number of aryl methyl sites for hydroxylation is 1. The molecule has 2 aromatic carbocycles. The van der Waals surface area contributed by atoms with E-state index in [0.717, 1.165) is 53.7 Å². The van der Waals surface area contributed by atoms with E-state index in [9.17, 15) is 10.1 Å². The van der Waals surface area contributed by atoms with Crippen LogP contribution in [0.15, 0.2) is 65.7 Å². The van der Waals surface area contributed by atoms with E-state index in [1.807, 2.05) is 42.5 Å². The number of benzene rings is 2. The second-order valence-corrected chi connectivity index (χ2v) is 9.26. The molecule has 1 N–H and O–H groups in total.